The van der Waals surface area contributed by atoms with Crippen LogP contribution in [0.3, 0.4) is 0 Å². The molecule has 2 rings (SSSR count). The maximum absolute atomic E-state index is 11.8. The van der Waals surface area contributed by atoms with Gasteiger partial charge >= 0.3 is 0 Å². The monoisotopic (exact) mass is 286 g/mol. The third-order valence-electron chi connectivity index (χ3n) is 2.68. The summed E-state index contributed by atoms with van der Waals surface area (Å²) in [5.41, 5.74) is 0.649. The highest BCUT2D eigenvalue weighted by Gasteiger charge is 2.19. The molecule has 1 aliphatic heterocycles. The van der Waals surface area contributed by atoms with Crippen LogP contribution in [0.5, 0.6) is 0 Å². The first-order valence-electron chi connectivity index (χ1n) is 5.65. The molecule has 0 amide bonds. The van der Waals surface area contributed by atoms with Gasteiger partial charge in [-0.05, 0) is 29.9 Å². The van der Waals surface area contributed by atoms with Crippen molar-refractivity contribution in [2.45, 2.75) is 24.7 Å². The average Bonchev–Trinajstić information content (AvgIpc) is 2.96. The van der Waals surface area contributed by atoms with E-state index in [1.54, 1.807) is 11.4 Å². The van der Waals surface area contributed by atoms with Gasteiger partial charge in [0, 0.05) is 13.2 Å². The van der Waals surface area contributed by atoms with Gasteiger partial charge in [-0.2, -0.15) is 5.26 Å². The number of nitrogens with one attached hydrogen (secondary N) is 1. The fourth-order valence-electron chi connectivity index (χ4n) is 1.81. The van der Waals surface area contributed by atoms with E-state index >= 15 is 0 Å². The van der Waals surface area contributed by atoms with Crippen LogP contribution in [0.25, 0.3) is 0 Å². The Hall–Kier alpha value is -0.940. The van der Waals surface area contributed by atoms with E-state index in [1.807, 2.05) is 6.07 Å². The van der Waals surface area contributed by atoms with Crippen molar-refractivity contribution in [3.8, 4) is 6.07 Å². The summed E-state index contributed by atoms with van der Waals surface area (Å²) in [5, 5.41) is 10.4. The van der Waals surface area contributed by atoms with Crippen molar-refractivity contribution in [1.82, 2.24) is 4.72 Å². The van der Waals surface area contributed by atoms with Gasteiger partial charge in [-0.3, -0.25) is 0 Å². The SMILES string of the molecule is N#Cc1cc(CS(=O)(=O)NCC2CCCO2)cs1. The minimum absolute atomic E-state index is 0.00285. The number of ether oxygens (including phenoxy) is 1. The third kappa shape index (κ3) is 3.78. The van der Waals surface area contributed by atoms with Gasteiger partial charge in [-0.25, -0.2) is 13.1 Å². The summed E-state index contributed by atoms with van der Waals surface area (Å²) in [6, 6.07) is 3.60. The molecule has 1 N–H and O–H groups in total. The Morgan fingerprint density at radius 3 is 3.06 bits per heavy atom. The Bertz CT molecular complexity index is 539. The number of thiophene rings is 1. The van der Waals surface area contributed by atoms with Crippen molar-refractivity contribution in [1.29, 1.82) is 5.26 Å². The zero-order chi connectivity index (χ0) is 13.0. The van der Waals surface area contributed by atoms with Crippen LogP contribution < -0.4 is 4.72 Å². The average molecular weight is 286 g/mol. The number of rotatable bonds is 5. The first kappa shape index (κ1) is 13.5. The van der Waals surface area contributed by atoms with Crippen molar-refractivity contribution in [2.75, 3.05) is 13.2 Å². The molecule has 1 aliphatic rings. The van der Waals surface area contributed by atoms with Crippen LogP contribution >= 0.6 is 11.3 Å². The summed E-state index contributed by atoms with van der Waals surface area (Å²) in [7, 11) is -3.35. The van der Waals surface area contributed by atoms with Crippen LogP contribution in [0.15, 0.2) is 11.4 Å². The number of sulfonamides is 1. The van der Waals surface area contributed by atoms with Crippen molar-refractivity contribution >= 4 is 21.4 Å². The Kier molecular flexibility index (Phi) is 4.35. The topological polar surface area (TPSA) is 79.2 Å². The van der Waals surface area contributed by atoms with Crippen LogP contribution in [0, 0.1) is 11.3 Å². The van der Waals surface area contributed by atoms with E-state index in [0.717, 1.165) is 12.8 Å². The second kappa shape index (κ2) is 5.80. The standard InChI is InChI=1S/C11H14N2O3S2/c12-5-11-4-9(7-17-11)8-18(14,15)13-6-10-2-1-3-16-10/h4,7,10,13H,1-3,6,8H2. The molecule has 0 bridgehead atoms. The van der Waals surface area contributed by atoms with Gasteiger partial charge in [-0.15, -0.1) is 11.3 Å². The zero-order valence-electron chi connectivity index (χ0n) is 9.76. The molecular weight excluding hydrogens is 272 g/mol. The fourth-order valence-corrected chi connectivity index (χ4v) is 3.76. The van der Waals surface area contributed by atoms with Crippen LogP contribution in [0.4, 0.5) is 0 Å². The van der Waals surface area contributed by atoms with Gasteiger partial charge in [0.25, 0.3) is 0 Å². The van der Waals surface area contributed by atoms with Gasteiger partial charge in [0.2, 0.25) is 10.0 Å². The van der Waals surface area contributed by atoms with Gasteiger partial charge in [-0.1, -0.05) is 0 Å². The molecule has 1 aromatic heterocycles. The minimum Gasteiger partial charge on any atom is -0.377 e. The third-order valence-corrected chi connectivity index (χ3v) is 4.88. The second-order valence-corrected chi connectivity index (χ2v) is 6.89. The summed E-state index contributed by atoms with van der Waals surface area (Å²) < 4.78 is 31.5. The van der Waals surface area contributed by atoms with Gasteiger partial charge in [0.15, 0.2) is 0 Å². The quantitative estimate of drug-likeness (QED) is 0.882. The molecule has 1 aromatic rings. The largest absolute Gasteiger partial charge is 0.377 e. The first-order chi connectivity index (χ1) is 8.59. The number of nitrogens with zero attached hydrogens (tertiary/aromatic N) is 1. The van der Waals surface area contributed by atoms with Crippen LogP contribution in [-0.4, -0.2) is 27.7 Å². The van der Waals surface area contributed by atoms with Gasteiger partial charge in [0.05, 0.1) is 11.9 Å². The van der Waals surface area contributed by atoms with E-state index in [1.165, 1.54) is 11.3 Å². The molecule has 1 saturated heterocycles. The Labute approximate surface area is 110 Å². The molecule has 18 heavy (non-hydrogen) atoms. The summed E-state index contributed by atoms with van der Waals surface area (Å²) in [6.07, 6.45) is 1.89. The normalized spacial score (nSPS) is 19.8. The van der Waals surface area contributed by atoms with Crippen molar-refractivity contribution in [3.63, 3.8) is 0 Å². The summed E-state index contributed by atoms with van der Waals surface area (Å²) in [6.45, 7) is 1.04. The lowest BCUT2D eigenvalue weighted by Crippen LogP contribution is -2.32. The predicted molar refractivity (Wildman–Crippen MR) is 68.6 cm³/mol. The second-order valence-electron chi connectivity index (χ2n) is 4.17. The highest BCUT2D eigenvalue weighted by Crippen LogP contribution is 2.16. The van der Waals surface area contributed by atoms with E-state index in [0.29, 0.717) is 23.6 Å². The summed E-state index contributed by atoms with van der Waals surface area (Å²) in [4.78, 5) is 0.527. The van der Waals surface area contributed by atoms with E-state index in [-0.39, 0.29) is 11.9 Å². The van der Waals surface area contributed by atoms with Crippen molar-refractivity contribution in [3.05, 3.63) is 21.9 Å². The zero-order valence-corrected chi connectivity index (χ0v) is 11.4. The molecule has 7 heteroatoms. The molecule has 0 radical (unpaired) electrons. The molecule has 0 aromatic carbocycles. The number of hydrogen-bond acceptors (Lipinski definition) is 5. The summed E-state index contributed by atoms with van der Waals surface area (Å²) in [5.74, 6) is -0.0854. The van der Waals surface area contributed by atoms with Crippen LogP contribution in [0.2, 0.25) is 0 Å². The highest BCUT2D eigenvalue weighted by atomic mass is 32.2. The lowest BCUT2D eigenvalue weighted by atomic mass is 10.2. The molecule has 2 heterocycles. The lowest BCUT2D eigenvalue weighted by molar-refractivity contribution is 0.114. The lowest BCUT2D eigenvalue weighted by Gasteiger charge is -2.10. The van der Waals surface area contributed by atoms with E-state index in [9.17, 15) is 8.42 Å². The van der Waals surface area contributed by atoms with Crippen molar-refractivity contribution in [2.24, 2.45) is 0 Å². The molecule has 0 spiro atoms. The number of hydrogen-bond donors (Lipinski definition) is 1. The highest BCUT2D eigenvalue weighted by molar-refractivity contribution is 7.88. The molecular formula is C11H14N2O3S2. The van der Waals surface area contributed by atoms with Crippen LogP contribution in [0.1, 0.15) is 23.3 Å². The number of nitriles is 1. The van der Waals surface area contributed by atoms with Crippen molar-refractivity contribution < 1.29 is 13.2 Å². The molecule has 1 unspecified atom stereocenters. The van der Waals surface area contributed by atoms with E-state index in [4.69, 9.17) is 10.00 Å². The maximum atomic E-state index is 11.8. The predicted octanol–water partition coefficient (Wildman–Crippen LogP) is 1.22. The Morgan fingerprint density at radius 2 is 2.44 bits per heavy atom. The van der Waals surface area contributed by atoms with E-state index < -0.39 is 10.0 Å². The molecule has 98 valence electrons. The van der Waals surface area contributed by atoms with Crippen LogP contribution in [-0.2, 0) is 20.5 Å². The van der Waals surface area contributed by atoms with Gasteiger partial charge < -0.3 is 4.74 Å². The van der Waals surface area contributed by atoms with E-state index in [2.05, 4.69) is 4.72 Å². The Balaban J connectivity index is 1.88. The van der Waals surface area contributed by atoms with Gasteiger partial charge in [0.1, 0.15) is 10.9 Å². The minimum atomic E-state index is -3.35. The molecule has 0 saturated carbocycles. The molecule has 0 aliphatic carbocycles. The molecule has 5 nitrogen and oxygen atoms in total. The molecule has 1 fully saturated rings. The summed E-state index contributed by atoms with van der Waals surface area (Å²) >= 11 is 1.26. The fraction of sp³-hybridized carbons (Fsp3) is 0.545. The Morgan fingerprint density at radius 1 is 1.61 bits per heavy atom. The smallest absolute Gasteiger partial charge is 0.215 e. The molecule has 1 atom stereocenters. The first-order valence-corrected chi connectivity index (χ1v) is 8.19. The maximum Gasteiger partial charge on any atom is 0.215 e.